The zero-order chi connectivity index (χ0) is 14.0. The van der Waals surface area contributed by atoms with Crippen LogP contribution in [-0.4, -0.2) is 41.9 Å². The third kappa shape index (κ3) is 2.91. The average molecular weight is 286 g/mol. The number of aliphatic hydroxyl groups excluding tert-OH is 1. The Hall–Kier alpha value is -1.51. The lowest BCUT2D eigenvalue weighted by molar-refractivity contribution is -0.385. The third-order valence-corrected chi connectivity index (χ3v) is 4.98. The van der Waals surface area contributed by atoms with E-state index < -0.39 is 21.1 Å². The highest BCUT2D eigenvalue weighted by Gasteiger charge is 2.29. The molecule has 1 aliphatic rings. The van der Waals surface area contributed by atoms with Crippen LogP contribution in [0, 0.1) is 10.1 Å². The van der Waals surface area contributed by atoms with Gasteiger partial charge in [0.2, 0.25) is 10.0 Å². The van der Waals surface area contributed by atoms with Crippen molar-refractivity contribution in [2.24, 2.45) is 0 Å². The fourth-order valence-corrected chi connectivity index (χ4v) is 3.50. The van der Waals surface area contributed by atoms with E-state index in [-0.39, 0.29) is 23.7 Å². The molecule has 1 N–H and O–H groups in total. The lowest BCUT2D eigenvalue weighted by atomic mass is 10.1. The molecule has 1 heterocycles. The molecule has 1 aromatic carbocycles. The van der Waals surface area contributed by atoms with Crippen LogP contribution in [0.5, 0.6) is 0 Å². The standard InChI is InChI=1S/C11H14N2O5S/c14-10-4-6-12(7-5-10)19(17,18)11-3-1-2-9(8-11)13(15)16/h1-3,8,10,14H,4-7H2. The molecule has 0 bridgehead atoms. The van der Waals surface area contributed by atoms with E-state index in [2.05, 4.69) is 0 Å². The maximum absolute atomic E-state index is 12.3. The van der Waals surface area contributed by atoms with Crippen LogP contribution in [0.25, 0.3) is 0 Å². The van der Waals surface area contributed by atoms with Crippen LogP contribution < -0.4 is 0 Å². The van der Waals surface area contributed by atoms with E-state index in [1.807, 2.05) is 0 Å². The molecule has 1 aliphatic heterocycles. The van der Waals surface area contributed by atoms with Gasteiger partial charge in [0.05, 0.1) is 15.9 Å². The molecule has 0 atom stereocenters. The van der Waals surface area contributed by atoms with Crippen molar-refractivity contribution in [3.05, 3.63) is 34.4 Å². The summed E-state index contributed by atoms with van der Waals surface area (Å²) in [5.74, 6) is 0. The van der Waals surface area contributed by atoms with Gasteiger partial charge in [-0.15, -0.1) is 0 Å². The minimum Gasteiger partial charge on any atom is -0.393 e. The van der Waals surface area contributed by atoms with E-state index in [0.29, 0.717) is 12.8 Å². The number of nitro groups is 1. The van der Waals surface area contributed by atoms with Gasteiger partial charge in [-0.2, -0.15) is 4.31 Å². The molecule has 0 unspecified atom stereocenters. The second kappa shape index (κ2) is 5.24. The van der Waals surface area contributed by atoms with Crippen molar-refractivity contribution in [1.29, 1.82) is 0 Å². The Kier molecular flexibility index (Phi) is 3.83. The van der Waals surface area contributed by atoms with Gasteiger partial charge in [-0.25, -0.2) is 8.42 Å². The molecule has 1 saturated heterocycles. The molecule has 1 aromatic rings. The predicted octanol–water partition coefficient (Wildman–Crippen LogP) is 0.740. The lowest BCUT2D eigenvalue weighted by Gasteiger charge is -2.28. The van der Waals surface area contributed by atoms with Gasteiger partial charge in [-0.05, 0) is 18.9 Å². The summed E-state index contributed by atoms with van der Waals surface area (Å²) in [4.78, 5) is 9.95. The quantitative estimate of drug-likeness (QED) is 0.652. The number of nitrogens with zero attached hydrogens (tertiary/aromatic N) is 2. The van der Waals surface area contributed by atoms with Crippen LogP contribution in [0.4, 0.5) is 5.69 Å². The summed E-state index contributed by atoms with van der Waals surface area (Å²) in [6.07, 6.45) is 0.291. The van der Waals surface area contributed by atoms with Gasteiger partial charge in [0.1, 0.15) is 0 Å². The zero-order valence-electron chi connectivity index (χ0n) is 10.1. The zero-order valence-corrected chi connectivity index (χ0v) is 10.9. The first-order valence-corrected chi connectivity index (χ1v) is 7.28. The normalized spacial score (nSPS) is 18.4. The number of rotatable bonds is 3. The summed E-state index contributed by atoms with van der Waals surface area (Å²) in [7, 11) is -3.72. The topological polar surface area (TPSA) is 101 Å². The predicted molar refractivity (Wildman–Crippen MR) is 67.1 cm³/mol. The third-order valence-electron chi connectivity index (χ3n) is 3.09. The Labute approximate surface area is 110 Å². The number of piperidine rings is 1. The number of non-ortho nitro benzene ring substituents is 1. The molecular weight excluding hydrogens is 272 g/mol. The van der Waals surface area contributed by atoms with Gasteiger partial charge < -0.3 is 5.11 Å². The van der Waals surface area contributed by atoms with Gasteiger partial charge in [0.25, 0.3) is 5.69 Å². The Morgan fingerprint density at radius 2 is 1.95 bits per heavy atom. The van der Waals surface area contributed by atoms with Gasteiger partial charge in [0, 0.05) is 25.2 Å². The molecule has 104 valence electrons. The fourth-order valence-electron chi connectivity index (χ4n) is 1.99. The van der Waals surface area contributed by atoms with Crippen LogP contribution in [0.3, 0.4) is 0 Å². The fraction of sp³-hybridized carbons (Fsp3) is 0.455. The largest absolute Gasteiger partial charge is 0.393 e. The summed E-state index contributed by atoms with van der Waals surface area (Å²) in [5, 5.41) is 20.0. The Bertz CT molecular complexity index is 579. The number of aliphatic hydroxyl groups is 1. The molecule has 0 spiro atoms. The van der Waals surface area contributed by atoms with Gasteiger partial charge >= 0.3 is 0 Å². The Morgan fingerprint density at radius 1 is 1.32 bits per heavy atom. The van der Waals surface area contributed by atoms with Crippen LogP contribution in [0.15, 0.2) is 29.2 Å². The summed E-state index contributed by atoms with van der Waals surface area (Å²) in [6.45, 7) is 0.457. The van der Waals surface area contributed by atoms with E-state index in [9.17, 15) is 23.6 Å². The highest BCUT2D eigenvalue weighted by atomic mass is 32.2. The molecule has 0 amide bonds. The summed E-state index contributed by atoms with van der Waals surface area (Å²) in [5.41, 5.74) is -0.252. The van der Waals surface area contributed by atoms with E-state index in [1.54, 1.807) is 0 Å². The van der Waals surface area contributed by atoms with Gasteiger partial charge in [-0.1, -0.05) is 6.07 Å². The van der Waals surface area contributed by atoms with Crippen molar-refractivity contribution in [1.82, 2.24) is 4.31 Å². The lowest BCUT2D eigenvalue weighted by Crippen LogP contribution is -2.39. The second-order valence-corrected chi connectivity index (χ2v) is 6.33. The first kappa shape index (κ1) is 13.9. The SMILES string of the molecule is O=[N+]([O-])c1cccc(S(=O)(=O)N2CCC(O)CC2)c1. The molecule has 0 radical (unpaired) electrons. The number of benzene rings is 1. The molecule has 2 rings (SSSR count). The Balaban J connectivity index is 2.29. The first-order chi connectivity index (χ1) is 8.91. The van der Waals surface area contributed by atoms with Crippen LogP contribution in [0.1, 0.15) is 12.8 Å². The average Bonchev–Trinajstić information content (AvgIpc) is 2.39. The van der Waals surface area contributed by atoms with Crippen molar-refractivity contribution in [3.63, 3.8) is 0 Å². The highest BCUT2D eigenvalue weighted by molar-refractivity contribution is 7.89. The highest BCUT2D eigenvalue weighted by Crippen LogP contribution is 2.23. The summed E-state index contributed by atoms with van der Waals surface area (Å²) in [6, 6.07) is 5.00. The van der Waals surface area contributed by atoms with Gasteiger partial charge in [0.15, 0.2) is 0 Å². The smallest absolute Gasteiger partial charge is 0.270 e. The second-order valence-electron chi connectivity index (χ2n) is 4.39. The minimum atomic E-state index is -3.72. The maximum Gasteiger partial charge on any atom is 0.270 e. The summed E-state index contributed by atoms with van der Waals surface area (Å²) >= 11 is 0. The molecule has 0 saturated carbocycles. The van der Waals surface area contributed by atoms with Crippen molar-refractivity contribution in [3.8, 4) is 0 Å². The Morgan fingerprint density at radius 3 is 2.53 bits per heavy atom. The number of nitro benzene ring substituents is 1. The van der Waals surface area contributed by atoms with E-state index in [0.717, 1.165) is 6.07 Å². The van der Waals surface area contributed by atoms with E-state index >= 15 is 0 Å². The molecule has 0 aliphatic carbocycles. The monoisotopic (exact) mass is 286 g/mol. The molecule has 7 nitrogen and oxygen atoms in total. The molecular formula is C11H14N2O5S. The van der Waals surface area contributed by atoms with E-state index in [4.69, 9.17) is 0 Å². The van der Waals surface area contributed by atoms with Crippen molar-refractivity contribution in [2.45, 2.75) is 23.8 Å². The summed E-state index contributed by atoms with van der Waals surface area (Å²) < 4.78 is 25.8. The van der Waals surface area contributed by atoms with Crippen LogP contribution in [0.2, 0.25) is 0 Å². The minimum absolute atomic E-state index is 0.0851. The maximum atomic E-state index is 12.3. The number of hydrogen-bond donors (Lipinski definition) is 1. The van der Waals surface area contributed by atoms with Crippen LogP contribution >= 0.6 is 0 Å². The number of hydrogen-bond acceptors (Lipinski definition) is 5. The van der Waals surface area contributed by atoms with Crippen molar-refractivity contribution >= 4 is 15.7 Å². The number of sulfonamides is 1. The molecule has 0 aromatic heterocycles. The first-order valence-electron chi connectivity index (χ1n) is 5.84. The van der Waals surface area contributed by atoms with Crippen molar-refractivity contribution in [2.75, 3.05) is 13.1 Å². The van der Waals surface area contributed by atoms with Crippen molar-refractivity contribution < 1.29 is 18.4 Å². The van der Waals surface area contributed by atoms with E-state index in [1.165, 1.54) is 22.5 Å². The molecule has 19 heavy (non-hydrogen) atoms. The van der Waals surface area contributed by atoms with Crippen LogP contribution in [-0.2, 0) is 10.0 Å². The molecule has 1 fully saturated rings. The molecule has 8 heteroatoms. The van der Waals surface area contributed by atoms with Gasteiger partial charge in [-0.3, -0.25) is 10.1 Å².